The lowest BCUT2D eigenvalue weighted by molar-refractivity contribution is 0.181. The molecule has 0 spiro atoms. The lowest BCUT2D eigenvalue weighted by Gasteiger charge is -2.29. The van der Waals surface area contributed by atoms with Crippen molar-refractivity contribution in [2.75, 3.05) is 6.54 Å². The van der Waals surface area contributed by atoms with Crippen LogP contribution in [0, 0.1) is 0 Å². The third-order valence-electron chi connectivity index (χ3n) is 3.62. The Hall–Kier alpha value is -0.380. The fraction of sp³-hybridized carbons (Fsp3) is 0.733. The maximum atomic E-state index is 3.53. The molecule has 1 aromatic heterocycles. The summed E-state index contributed by atoms with van der Waals surface area (Å²) in [5, 5.41) is 5.71. The van der Waals surface area contributed by atoms with E-state index >= 15 is 0 Å². The molecule has 1 saturated carbocycles. The van der Waals surface area contributed by atoms with Gasteiger partial charge < -0.3 is 5.32 Å². The summed E-state index contributed by atoms with van der Waals surface area (Å²) in [4.78, 5) is 4.21. The summed E-state index contributed by atoms with van der Waals surface area (Å²) in [7, 11) is 0. The first-order valence-electron chi connectivity index (χ1n) is 7.18. The second kappa shape index (κ2) is 6.69. The molecule has 0 radical (unpaired) electrons. The van der Waals surface area contributed by atoms with E-state index in [9.17, 15) is 0 Å². The summed E-state index contributed by atoms with van der Waals surface area (Å²) in [6.45, 7) is 9.09. The van der Waals surface area contributed by atoms with Crippen molar-refractivity contribution < 1.29 is 0 Å². The summed E-state index contributed by atoms with van der Waals surface area (Å²) < 4.78 is 0. The molecule has 18 heavy (non-hydrogen) atoms. The van der Waals surface area contributed by atoms with Gasteiger partial charge in [-0.25, -0.2) is 0 Å². The Morgan fingerprint density at radius 3 is 2.72 bits per heavy atom. The van der Waals surface area contributed by atoms with Crippen LogP contribution in [-0.4, -0.2) is 29.6 Å². The maximum Gasteiger partial charge on any atom is 0.0333 e. The SMILES string of the molecule is CC(C)NCCC(C)N(Cc1cccs1)C1CC1. The number of rotatable bonds is 8. The molecule has 1 fully saturated rings. The van der Waals surface area contributed by atoms with Gasteiger partial charge in [-0.05, 0) is 44.2 Å². The van der Waals surface area contributed by atoms with Crippen LogP contribution in [0.15, 0.2) is 17.5 Å². The Kier molecular flexibility index (Phi) is 5.22. The summed E-state index contributed by atoms with van der Waals surface area (Å²) in [5.74, 6) is 0. The Balaban J connectivity index is 1.81. The van der Waals surface area contributed by atoms with Gasteiger partial charge >= 0.3 is 0 Å². The molecule has 0 bridgehead atoms. The second-order valence-corrected chi connectivity index (χ2v) is 6.76. The van der Waals surface area contributed by atoms with Crippen LogP contribution in [0.5, 0.6) is 0 Å². The molecule has 1 N–H and O–H groups in total. The largest absolute Gasteiger partial charge is 0.314 e. The Bertz CT molecular complexity index is 330. The molecule has 2 rings (SSSR count). The predicted molar refractivity (Wildman–Crippen MR) is 80.1 cm³/mol. The van der Waals surface area contributed by atoms with Crippen LogP contribution >= 0.6 is 11.3 Å². The molecule has 1 unspecified atom stereocenters. The lowest BCUT2D eigenvalue weighted by atomic mass is 10.2. The molecule has 102 valence electrons. The van der Waals surface area contributed by atoms with Crippen molar-refractivity contribution >= 4 is 11.3 Å². The topological polar surface area (TPSA) is 15.3 Å². The van der Waals surface area contributed by atoms with Gasteiger partial charge in [-0.3, -0.25) is 4.90 Å². The van der Waals surface area contributed by atoms with Crippen molar-refractivity contribution in [3.63, 3.8) is 0 Å². The minimum atomic E-state index is 0.601. The Labute approximate surface area is 115 Å². The summed E-state index contributed by atoms with van der Waals surface area (Å²) in [5.41, 5.74) is 0. The van der Waals surface area contributed by atoms with E-state index in [4.69, 9.17) is 0 Å². The molecular formula is C15H26N2S. The summed E-state index contributed by atoms with van der Waals surface area (Å²) in [6.07, 6.45) is 4.04. The second-order valence-electron chi connectivity index (χ2n) is 5.73. The van der Waals surface area contributed by atoms with Crippen molar-refractivity contribution in [2.24, 2.45) is 0 Å². The van der Waals surface area contributed by atoms with Crippen LogP contribution in [-0.2, 0) is 6.54 Å². The van der Waals surface area contributed by atoms with Gasteiger partial charge in [0.25, 0.3) is 0 Å². The van der Waals surface area contributed by atoms with Gasteiger partial charge in [0.2, 0.25) is 0 Å². The smallest absolute Gasteiger partial charge is 0.0333 e. The molecule has 0 amide bonds. The van der Waals surface area contributed by atoms with Crippen molar-refractivity contribution in [2.45, 2.75) is 64.7 Å². The molecule has 1 aromatic rings. The number of nitrogens with one attached hydrogen (secondary N) is 1. The molecule has 0 aromatic carbocycles. The van der Waals surface area contributed by atoms with Gasteiger partial charge in [0.15, 0.2) is 0 Å². The van der Waals surface area contributed by atoms with Gasteiger partial charge in [0, 0.05) is 29.5 Å². The zero-order chi connectivity index (χ0) is 13.0. The van der Waals surface area contributed by atoms with E-state index in [1.807, 2.05) is 11.3 Å². The van der Waals surface area contributed by atoms with Crippen molar-refractivity contribution in [1.82, 2.24) is 10.2 Å². The molecule has 1 aliphatic carbocycles. The number of hydrogen-bond acceptors (Lipinski definition) is 3. The number of hydrogen-bond donors (Lipinski definition) is 1. The summed E-state index contributed by atoms with van der Waals surface area (Å²) in [6, 6.07) is 6.56. The van der Waals surface area contributed by atoms with Crippen molar-refractivity contribution in [3.8, 4) is 0 Å². The summed E-state index contributed by atoms with van der Waals surface area (Å²) >= 11 is 1.89. The van der Waals surface area contributed by atoms with Crippen LogP contribution < -0.4 is 5.32 Å². The standard InChI is InChI=1S/C15H26N2S/c1-12(2)16-9-8-13(3)17(14-6-7-14)11-15-5-4-10-18-15/h4-5,10,12-14,16H,6-9,11H2,1-3H3. The first-order valence-corrected chi connectivity index (χ1v) is 8.06. The fourth-order valence-electron chi connectivity index (χ4n) is 2.38. The van der Waals surface area contributed by atoms with Gasteiger partial charge in [-0.1, -0.05) is 19.9 Å². The van der Waals surface area contributed by atoms with Crippen molar-refractivity contribution in [3.05, 3.63) is 22.4 Å². The molecule has 2 nitrogen and oxygen atoms in total. The molecule has 0 saturated heterocycles. The monoisotopic (exact) mass is 266 g/mol. The zero-order valence-corrected chi connectivity index (χ0v) is 12.7. The molecule has 0 aliphatic heterocycles. The Morgan fingerprint density at radius 2 is 2.17 bits per heavy atom. The molecule has 3 heteroatoms. The average Bonchev–Trinajstić information content (AvgIpc) is 3.02. The van der Waals surface area contributed by atoms with Gasteiger partial charge in [-0.15, -0.1) is 11.3 Å². The maximum absolute atomic E-state index is 3.53. The highest BCUT2D eigenvalue weighted by atomic mass is 32.1. The van der Waals surface area contributed by atoms with Crippen LogP contribution in [0.3, 0.4) is 0 Å². The fourth-order valence-corrected chi connectivity index (χ4v) is 3.09. The third kappa shape index (κ3) is 4.38. The van der Waals surface area contributed by atoms with Crippen LogP contribution in [0.4, 0.5) is 0 Å². The Morgan fingerprint density at radius 1 is 1.39 bits per heavy atom. The first-order chi connectivity index (χ1) is 8.66. The minimum absolute atomic E-state index is 0.601. The number of nitrogens with zero attached hydrogens (tertiary/aromatic N) is 1. The quantitative estimate of drug-likeness (QED) is 0.775. The van der Waals surface area contributed by atoms with Gasteiger partial charge in [0.1, 0.15) is 0 Å². The highest BCUT2D eigenvalue weighted by molar-refractivity contribution is 7.09. The van der Waals surface area contributed by atoms with Gasteiger partial charge in [-0.2, -0.15) is 0 Å². The normalized spacial score (nSPS) is 17.6. The molecular weight excluding hydrogens is 240 g/mol. The van der Waals surface area contributed by atoms with Crippen molar-refractivity contribution in [1.29, 1.82) is 0 Å². The number of thiophene rings is 1. The van der Waals surface area contributed by atoms with E-state index in [1.54, 1.807) is 0 Å². The highest BCUT2D eigenvalue weighted by Gasteiger charge is 2.31. The zero-order valence-electron chi connectivity index (χ0n) is 11.9. The first kappa shape index (κ1) is 14.0. The van der Waals surface area contributed by atoms with E-state index < -0.39 is 0 Å². The molecule has 1 atom stereocenters. The van der Waals surface area contributed by atoms with E-state index in [-0.39, 0.29) is 0 Å². The van der Waals surface area contributed by atoms with E-state index in [0.29, 0.717) is 12.1 Å². The molecule has 1 heterocycles. The molecule has 1 aliphatic rings. The predicted octanol–water partition coefficient (Wildman–Crippen LogP) is 3.49. The lowest BCUT2D eigenvalue weighted by Crippen LogP contribution is -2.37. The van der Waals surface area contributed by atoms with Crippen LogP contribution in [0.2, 0.25) is 0 Å². The van der Waals surface area contributed by atoms with E-state index in [2.05, 4.69) is 48.5 Å². The minimum Gasteiger partial charge on any atom is -0.314 e. The van der Waals surface area contributed by atoms with Gasteiger partial charge in [0.05, 0.1) is 0 Å². The third-order valence-corrected chi connectivity index (χ3v) is 4.48. The average molecular weight is 266 g/mol. The van der Waals surface area contributed by atoms with E-state index in [0.717, 1.165) is 19.1 Å². The highest BCUT2D eigenvalue weighted by Crippen LogP contribution is 2.31. The van der Waals surface area contributed by atoms with Crippen LogP contribution in [0.1, 0.15) is 44.9 Å². The van der Waals surface area contributed by atoms with Crippen LogP contribution in [0.25, 0.3) is 0 Å². The van der Waals surface area contributed by atoms with E-state index in [1.165, 1.54) is 24.1 Å².